The summed E-state index contributed by atoms with van der Waals surface area (Å²) in [6.07, 6.45) is 25.2. The number of pyridine rings is 7. The molecule has 15 rings (SSSR count). The van der Waals surface area contributed by atoms with E-state index in [0.717, 1.165) is 27.7 Å². The monoisotopic (exact) mass is 1390 g/mol. The van der Waals surface area contributed by atoms with Crippen molar-refractivity contribution in [3.8, 4) is 0 Å². The highest BCUT2D eigenvalue weighted by molar-refractivity contribution is 6.87. The molecule has 3 aromatic carbocycles. The lowest BCUT2D eigenvalue weighted by Crippen LogP contribution is -2.62. The quantitative estimate of drug-likeness (QED) is 0.160. The van der Waals surface area contributed by atoms with Crippen molar-refractivity contribution < 1.29 is 32.4 Å². The lowest BCUT2D eigenvalue weighted by Gasteiger charge is -2.26. The molecule has 0 amide bonds. The van der Waals surface area contributed by atoms with Crippen LogP contribution in [-0.4, -0.2) is 103 Å². The van der Waals surface area contributed by atoms with Crippen molar-refractivity contribution in [1.82, 2.24) is 34.0 Å². The maximum Gasteiger partial charge on any atom is 0.399 e. The summed E-state index contributed by atoms with van der Waals surface area (Å²) in [6.45, 7) is 18.5. The average Bonchev–Trinajstić information content (AvgIpc) is 0.772. The lowest BCUT2D eigenvalue weighted by atomic mass is 9.49. The molecule has 5 aliphatic heterocycles. The Balaban J connectivity index is 0.000000139. The van der Waals surface area contributed by atoms with Crippen molar-refractivity contribution >= 4 is 121 Å². The predicted octanol–water partition coefficient (Wildman–Crippen LogP) is 1.25. The Kier molecular flexibility index (Phi) is 21.1. The second-order valence-corrected chi connectivity index (χ2v) is 29.3. The standard InChI is InChI=1S/C20H26BN2.2C19H24BN2.2C15H17BN3/c1-15(2)12-17-10-11-22(4)20(13-17)21-16(3)19-9-7-6-8-18(19)14-23(21)5;2*1-14(2)16-10-11-21(4)19(12-16)20-15(3)18-9-7-6-8-17(18)13-22(20)5;1-12-13-7-6-9-17-14(13)11-19(3)16(12)15-8-4-5-10-18(15)2;1-12-14-7-8-17-10-13(14)11-19(3)16(12)15-6-4-5-9-18(15)2/h6-11,13-15H,12H2,1-5H3;2*6-14H,1-5H3;2*4-11H,1-3H3/q5*+1/i12D2;1D3,14D;14D;;. The molecular weight excluding hydrogens is 1280 g/mol. The Morgan fingerprint density at radius 1 is 0.381 bits per heavy atom. The fraction of sp³-hybridized carbons (Fsp3) is 0.284. The van der Waals surface area contributed by atoms with Crippen molar-refractivity contribution in [3.05, 3.63) is 282 Å². The third kappa shape index (κ3) is 16.6. The van der Waals surface area contributed by atoms with Crippen molar-refractivity contribution in [2.24, 2.45) is 41.2 Å². The molecule has 0 spiro atoms. The summed E-state index contributed by atoms with van der Waals surface area (Å²) in [5.74, 6) is -2.32. The normalized spacial score (nSPS) is 16.0. The second kappa shape index (κ2) is 33.2. The molecule has 5 aliphatic rings. The fourth-order valence-electron chi connectivity index (χ4n) is 15.7. The van der Waals surface area contributed by atoms with E-state index >= 15 is 0 Å². The molecule has 0 bridgehead atoms. The number of hydrogen-bond donors (Lipinski definition) is 0. The molecule has 0 aliphatic carbocycles. The Morgan fingerprint density at radius 2 is 0.743 bits per heavy atom. The van der Waals surface area contributed by atoms with Crippen LogP contribution in [0.25, 0.3) is 58.4 Å². The molecule has 0 saturated heterocycles. The number of aryl methyl sites for hydroxylation is 5. The molecular formula is C88H108B5N12+5. The van der Waals surface area contributed by atoms with E-state index in [-0.39, 0.29) is 40.2 Å². The molecule has 105 heavy (non-hydrogen) atoms. The number of benzene rings is 3. The molecule has 12 heterocycles. The molecule has 1 unspecified atom stereocenters. The first-order valence-electron chi connectivity index (χ1n) is 40.0. The fourth-order valence-corrected chi connectivity index (χ4v) is 15.7. The maximum atomic E-state index is 8.45. The Bertz CT molecular complexity index is 5770. The molecule has 0 radical (unpaired) electrons. The number of rotatable bonds is 9. The minimum absolute atomic E-state index is 0.0118. The van der Waals surface area contributed by atoms with E-state index in [4.69, 9.17) is 9.60 Å². The Hall–Kier alpha value is -10.3. The van der Waals surface area contributed by atoms with Gasteiger partial charge in [0.05, 0.1) is 5.35 Å². The first kappa shape index (κ1) is 66.7. The van der Waals surface area contributed by atoms with Gasteiger partial charge in [-0.05, 0) is 201 Å². The Morgan fingerprint density at radius 3 is 1.18 bits per heavy atom. The molecule has 10 aromatic rings. The third-order valence-electron chi connectivity index (χ3n) is 21.1. The first-order valence-corrected chi connectivity index (χ1v) is 36.5. The van der Waals surface area contributed by atoms with Gasteiger partial charge < -0.3 is 24.1 Å². The summed E-state index contributed by atoms with van der Waals surface area (Å²) in [6, 6.07) is 55.9. The SMILES string of the molecule is CC1=c2cccnc2=CN(C)B1c1cccc[n+]1C.CC1=c2ccncc2=CN(C)B1c1cccc[n+]1C.[2H]C(C)(C)c1cc[n+](C)c(B2C(C)=c3ccccc3=CN2C)c1.[2H]C([2H])([2H])C([2H])(C)c1cc[n+](C)c(B2C(C)=c3ccccc3=CN2C)c1.[2H]C([2H])(c1cc[n+](C)c(B2C(C)=c3ccccc3=CN2C)c1)C(C)C. The van der Waals surface area contributed by atoms with E-state index in [2.05, 4.69) is 301 Å². The van der Waals surface area contributed by atoms with Gasteiger partial charge in [0.15, 0.2) is 59.0 Å². The van der Waals surface area contributed by atoms with Crippen LogP contribution in [0.15, 0.2) is 213 Å². The smallest absolute Gasteiger partial charge is 0.399 e. The summed E-state index contributed by atoms with van der Waals surface area (Å²) in [5.41, 5.74) is 14.7. The highest BCUT2D eigenvalue weighted by Gasteiger charge is 2.39. The van der Waals surface area contributed by atoms with E-state index < -0.39 is 25.0 Å². The van der Waals surface area contributed by atoms with Gasteiger partial charge in [0.1, 0.15) is 35.2 Å². The summed E-state index contributed by atoms with van der Waals surface area (Å²) in [7, 11) is 20.7. The van der Waals surface area contributed by atoms with Crippen LogP contribution in [0.2, 0.25) is 0 Å². The summed E-state index contributed by atoms with van der Waals surface area (Å²) in [5, 5.41) is 12.2. The molecule has 0 saturated carbocycles. The molecule has 0 N–H and O–H groups in total. The number of nitrogens with zero attached hydrogens (tertiary/aromatic N) is 12. The van der Waals surface area contributed by atoms with Gasteiger partial charge in [-0.15, -0.1) is 0 Å². The van der Waals surface area contributed by atoms with Crippen molar-refractivity contribution in [1.29, 1.82) is 0 Å². The van der Waals surface area contributed by atoms with Crippen molar-refractivity contribution in [3.63, 3.8) is 0 Å². The number of fused-ring (bicyclic) bond motifs is 5. The van der Waals surface area contributed by atoms with Crippen molar-refractivity contribution in [2.75, 3.05) is 35.2 Å². The number of aromatic nitrogens is 7. The van der Waals surface area contributed by atoms with Gasteiger partial charge in [0.25, 0.3) is 0 Å². The van der Waals surface area contributed by atoms with Crippen LogP contribution in [0.3, 0.4) is 0 Å². The van der Waals surface area contributed by atoms with Gasteiger partial charge in [0, 0.05) is 88.1 Å². The predicted molar refractivity (Wildman–Crippen MR) is 442 cm³/mol. The molecule has 12 nitrogen and oxygen atoms in total. The van der Waals surface area contributed by atoms with E-state index in [1.165, 1.54) is 98.0 Å². The lowest BCUT2D eigenvalue weighted by molar-refractivity contribution is -0.654. The number of hydrogen-bond acceptors (Lipinski definition) is 7. The zero-order chi connectivity index (χ0) is 81.2. The molecule has 17 heteroatoms. The van der Waals surface area contributed by atoms with Crippen LogP contribution in [0.1, 0.15) is 114 Å². The maximum absolute atomic E-state index is 8.45. The van der Waals surface area contributed by atoms with Crippen LogP contribution in [0.5, 0.6) is 0 Å². The first-order chi connectivity index (χ1) is 52.9. The molecule has 1 atom stereocenters. The average molecular weight is 1400 g/mol. The van der Waals surface area contributed by atoms with Gasteiger partial charge in [0.2, 0.25) is 0 Å². The molecule has 7 aromatic heterocycles. The van der Waals surface area contributed by atoms with Crippen LogP contribution in [0, 0.1) is 5.92 Å². The highest BCUT2D eigenvalue weighted by Crippen LogP contribution is 2.17. The van der Waals surface area contributed by atoms with E-state index in [0.29, 0.717) is 5.56 Å². The minimum Gasteiger partial charge on any atom is -0.410 e. The topological polar surface area (TPSA) is 61.4 Å². The largest absolute Gasteiger partial charge is 0.410 e. The van der Waals surface area contributed by atoms with E-state index in [1.807, 2.05) is 127 Å². The van der Waals surface area contributed by atoms with Gasteiger partial charge >= 0.3 is 34.2 Å². The second-order valence-electron chi connectivity index (χ2n) is 29.3. The van der Waals surface area contributed by atoms with E-state index in [9.17, 15) is 0 Å². The van der Waals surface area contributed by atoms with Gasteiger partial charge in [-0.1, -0.05) is 160 Å². The third-order valence-corrected chi connectivity index (χ3v) is 21.1. The summed E-state index contributed by atoms with van der Waals surface area (Å²) in [4.78, 5) is 19.8. The summed E-state index contributed by atoms with van der Waals surface area (Å²) < 4.78 is 67.5. The van der Waals surface area contributed by atoms with Crippen LogP contribution >= 0.6 is 0 Å². The molecule has 530 valence electrons. The molecule has 0 fully saturated rings. The van der Waals surface area contributed by atoms with Gasteiger partial charge in [-0.2, -0.15) is 0 Å². The van der Waals surface area contributed by atoms with E-state index in [1.54, 1.807) is 6.07 Å². The highest BCUT2D eigenvalue weighted by atomic mass is 15.1. The summed E-state index contributed by atoms with van der Waals surface area (Å²) >= 11 is 0. The van der Waals surface area contributed by atoms with Gasteiger partial charge in [-0.3, -0.25) is 9.97 Å². The van der Waals surface area contributed by atoms with Crippen molar-refractivity contribution in [2.45, 2.75) is 94.3 Å². The Labute approximate surface area is 636 Å². The van der Waals surface area contributed by atoms with Crippen LogP contribution in [-0.2, 0) is 41.6 Å². The van der Waals surface area contributed by atoms with Crippen LogP contribution in [0.4, 0.5) is 0 Å². The zero-order valence-corrected chi connectivity index (χ0v) is 65.4. The van der Waals surface area contributed by atoms with Crippen LogP contribution < -0.4 is 103 Å². The minimum atomic E-state index is -2.39. The van der Waals surface area contributed by atoms with Gasteiger partial charge in [-0.25, -0.2) is 22.8 Å². The zero-order valence-electron chi connectivity index (χ0n) is 72.4.